The predicted octanol–water partition coefficient (Wildman–Crippen LogP) is 3.98. The predicted molar refractivity (Wildman–Crippen MR) is 79.0 cm³/mol. The summed E-state index contributed by atoms with van der Waals surface area (Å²) >= 11 is 0. The molecular formula is C16H17ClFN. The number of benzene rings is 2. The van der Waals surface area contributed by atoms with Crippen molar-refractivity contribution in [2.75, 3.05) is 6.54 Å². The van der Waals surface area contributed by atoms with Gasteiger partial charge in [-0.1, -0.05) is 36.4 Å². The molecule has 1 aliphatic carbocycles. The van der Waals surface area contributed by atoms with Crippen molar-refractivity contribution >= 4 is 12.4 Å². The third kappa shape index (κ3) is 2.96. The Bertz CT molecular complexity index is 536. The molecule has 2 aromatic carbocycles. The molecular weight excluding hydrogens is 261 g/mol. The van der Waals surface area contributed by atoms with E-state index >= 15 is 0 Å². The summed E-state index contributed by atoms with van der Waals surface area (Å²) in [4.78, 5) is 0. The third-order valence-corrected chi connectivity index (χ3v) is 3.74. The maximum atomic E-state index is 12.9. The normalized spacial score (nSPS) is 20.7. The Hall–Kier alpha value is -1.38. The number of halogens is 2. The van der Waals surface area contributed by atoms with Crippen molar-refractivity contribution in [3.63, 3.8) is 0 Å². The Morgan fingerprint density at radius 3 is 1.95 bits per heavy atom. The fourth-order valence-electron chi connectivity index (χ4n) is 2.48. The summed E-state index contributed by atoms with van der Waals surface area (Å²) in [5.74, 6) is 1.12. The number of nitrogens with two attached hydrogens (primary N) is 1. The van der Waals surface area contributed by atoms with Crippen molar-refractivity contribution in [1.82, 2.24) is 0 Å². The van der Waals surface area contributed by atoms with Crippen LogP contribution >= 0.6 is 12.4 Å². The van der Waals surface area contributed by atoms with E-state index in [0.29, 0.717) is 11.8 Å². The van der Waals surface area contributed by atoms with Gasteiger partial charge in [-0.05, 0) is 53.6 Å². The van der Waals surface area contributed by atoms with E-state index in [1.54, 1.807) is 0 Å². The fourth-order valence-corrected chi connectivity index (χ4v) is 2.48. The maximum Gasteiger partial charge on any atom is 0.123 e. The van der Waals surface area contributed by atoms with Crippen LogP contribution in [-0.2, 0) is 0 Å². The fraction of sp³-hybridized carbons (Fsp3) is 0.250. The van der Waals surface area contributed by atoms with Gasteiger partial charge in [0.15, 0.2) is 0 Å². The van der Waals surface area contributed by atoms with Crippen LogP contribution in [0.3, 0.4) is 0 Å². The van der Waals surface area contributed by atoms with E-state index in [1.165, 1.54) is 24.1 Å². The van der Waals surface area contributed by atoms with Crippen LogP contribution in [0, 0.1) is 11.7 Å². The number of hydrogen-bond donors (Lipinski definition) is 1. The van der Waals surface area contributed by atoms with Gasteiger partial charge in [0.25, 0.3) is 0 Å². The van der Waals surface area contributed by atoms with E-state index in [0.717, 1.165) is 17.7 Å². The highest BCUT2D eigenvalue weighted by Gasteiger charge is 2.36. The molecule has 0 bridgehead atoms. The lowest BCUT2D eigenvalue weighted by Crippen LogP contribution is -2.01. The number of hydrogen-bond acceptors (Lipinski definition) is 1. The van der Waals surface area contributed by atoms with Crippen molar-refractivity contribution in [2.24, 2.45) is 11.7 Å². The Kier molecular flexibility index (Phi) is 4.23. The first-order chi connectivity index (χ1) is 8.78. The van der Waals surface area contributed by atoms with E-state index < -0.39 is 0 Å². The molecule has 0 spiro atoms. The molecule has 0 aliphatic heterocycles. The van der Waals surface area contributed by atoms with E-state index in [2.05, 4.69) is 24.3 Å². The Morgan fingerprint density at radius 2 is 1.47 bits per heavy atom. The largest absolute Gasteiger partial charge is 0.330 e. The topological polar surface area (TPSA) is 26.0 Å². The second-order valence-electron chi connectivity index (χ2n) is 4.97. The summed E-state index contributed by atoms with van der Waals surface area (Å²) < 4.78 is 12.9. The van der Waals surface area contributed by atoms with Crippen LogP contribution in [0.15, 0.2) is 48.5 Å². The van der Waals surface area contributed by atoms with Gasteiger partial charge in [-0.25, -0.2) is 4.39 Å². The second-order valence-corrected chi connectivity index (χ2v) is 4.97. The standard InChI is InChI=1S/C16H16FN.ClH/c17-15-7-5-12(6-8-15)11-1-3-13(4-2-11)16-9-14(16)10-18;/h1-8,14,16H,9-10,18H2;1H/t14-,16-;/m0./s1. The molecule has 0 unspecified atom stereocenters. The molecule has 19 heavy (non-hydrogen) atoms. The van der Waals surface area contributed by atoms with Crippen molar-refractivity contribution in [1.29, 1.82) is 0 Å². The zero-order valence-electron chi connectivity index (χ0n) is 10.6. The molecule has 1 nitrogen and oxygen atoms in total. The highest BCUT2D eigenvalue weighted by molar-refractivity contribution is 5.85. The monoisotopic (exact) mass is 277 g/mol. The van der Waals surface area contributed by atoms with Gasteiger partial charge in [0.1, 0.15) is 5.82 Å². The van der Waals surface area contributed by atoms with Crippen LogP contribution in [0.5, 0.6) is 0 Å². The van der Waals surface area contributed by atoms with Gasteiger partial charge in [-0.3, -0.25) is 0 Å². The third-order valence-electron chi connectivity index (χ3n) is 3.74. The molecule has 1 saturated carbocycles. The minimum atomic E-state index is -0.195. The van der Waals surface area contributed by atoms with E-state index in [-0.39, 0.29) is 18.2 Å². The van der Waals surface area contributed by atoms with Crippen LogP contribution in [0.4, 0.5) is 4.39 Å². The number of rotatable bonds is 3. The Morgan fingerprint density at radius 1 is 0.947 bits per heavy atom. The summed E-state index contributed by atoms with van der Waals surface area (Å²) in [6.07, 6.45) is 1.21. The van der Waals surface area contributed by atoms with E-state index in [9.17, 15) is 4.39 Å². The first kappa shape index (κ1) is 14.0. The summed E-state index contributed by atoms with van der Waals surface area (Å²) in [6.45, 7) is 0.782. The minimum absolute atomic E-state index is 0. The van der Waals surface area contributed by atoms with Crippen LogP contribution in [0.2, 0.25) is 0 Å². The molecule has 0 amide bonds. The molecule has 100 valence electrons. The highest BCUT2D eigenvalue weighted by Crippen LogP contribution is 2.46. The van der Waals surface area contributed by atoms with Gasteiger partial charge in [0.05, 0.1) is 0 Å². The van der Waals surface area contributed by atoms with Crippen molar-refractivity contribution in [3.05, 3.63) is 59.9 Å². The van der Waals surface area contributed by atoms with Gasteiger partial charge in [-0.15, -0.1) is 12.4 Å². The minimum Gasteiger partial charge on any atom is -0.330 e. The second kappa shape index (κ2) is 5.72. The van der Waals surface area contributed by atoms with Gasteiger partial charge >= 0.3 is 0 Å². The lowest BCUT2D eigenvalue weighted by atomic mass is 10.0. The van der Waals surface area contributed by atoms with Gasteiger partial charge in [0, 0.05) is 0 Å². The van der Waals surface area contributed by atoms with Crippen LogP contribution in [0.1, 0.15) is 17.9 Å². The van der Waals surface area contributed by atoms with Gasteiger partial charge in [0.2, 0.25) is 0 Å². The van der Waals surface area contributed by atoms with Crippen LogP contribution in [-0.4, -0.2) is 6.54 Å². The summed E-state index contributed by atoms with van der Waals surface area (Å²) in [6, 6.07) is 15.2. The van der Waals surface area contributed by atoms with Crippen molar-refractivity contribution in [3.8, 4) is 11.1 Å². The van der Waals surface area contributed by atoms with Crippen molar-refractivity contribution < 1.29 is 4.39 Å². The highest BCUT2D eigenvalue weighted by atomic mass is 35.5. The first-order valence-electron chi connectivity index (χ1n) is 6.34. The summed E-state index contributed by atoms with van der Waals surface area (Å²) in [5, 5.41) is 0. The molecule has 2 atom stereocenters. The lowest BCUT2D eigenvalue weighted by molar-refractivity contribution is 0.628. The molecule has 0 heterocycles. The molecule has 2 aromatic rings. The summed E-state index contributed by atoms with van der Waals surface area (Å²) in [5.41, 5.74) is 9.21. The molecule has 0 radical (unpaired) electrons. The summed E-state index contributed by atoms with van der Waals surface area (Å²) in [7, 11) is 0. The molecule has 0 aromatic heterocycles. The lowest BCUT2D eigenvalue weighted by Gasteiger charge is -2.04. The zero-order chi connectivity index (χ0) is 12.5. The SMILES string of the molecule is Cl.NC[C@@H]1C[C@H]1c1ccc(-c2ccc(F)cc2)cc1. The van der Waals surface area contributed by atoms with E-state index in [1.807, 2.05) is 12.1 Å². The first-order valence-corrected chi connectivity index (χ1v) is 6.34. The molecule has 1 aliphatic rings. The average Bonchev–Trinajstić information content (AvgIpc) is 3.19. The Balaban J connectivity index is 0.00000133. The molecule has 3 rings (SSSR count). The van der Waals surface area contributed by atoms with Gasteiger partial charge in [-0.2, -0.15) is 0 Å². The van der Waals surface area contributed by atoms with Crippen molar-refractivity contribution in [2.45, 2.75) is 12.3 Å². The molecule has 2 N–H and O–H groups in total. The average molecular weight is 278 g/mol. The molecule has 0 saturated heterocycles. The molecule has 3 heteroatoms. The van der Waals surface area contributed by atoms with Gasteiger partial charge < -0.3 is 5.73 Å². The maximum absolute atomic E-state index is 12.9. The van der Waals surface area contributed by atoms with E-state index in [4.69, 9.17) is 5.73 Å². The zero-order valence-corrected chi connectivity index (χ0v) is 11.4. The molecule has 1 fully saturated rings. The quantitative estimate of drug-likeness (QED) is 0.902. The Labute approximate surface area is 119 Å². The van der Waals surface area contributed by atoms with Crippen LogP contribution < -0.4 is 5.73 Å². The smallest absolute Gasteiger partial charge is 0.123 e. The van der Waals surface area contributed by atoms with Crippen LogP contribution in [0.25, 0.3) is 11.1 Å².